The van der Waals surface area contributed by atoms with Gasteiger partial charge >= 0.3 is 6.01 Å². The van der Waals surface area contributed by atoms with Gasteiger partial charge in [0.15, 0.2) is 5.82 Å². The molecule has 0 radical (unpaired) electrons. The number of phenolic OH excluding ortho intramolecular Hbond substituents is 1. The molecular weight excluding hydrogens is 653 g/mol. The van der Waals surface area contributed by atoms with Crippen LogP contribution in [0.4, 0.5) is 19.0 Å². The van der Waals surface area contributed by atoms with E-state index < -0.39 is 23.3 Å². The molecule has 4 aliphatic rings. The van der Waals surface area contributed by atoms with E-state index in [2.05, 4.69) is 36.1 Å². The summed E-state index contributed by atoms with van der Waals surface area (Å²) in [7, 11) is 0. The van der Waals surface area contributed by atoms with Crippen molar-refractivity contribution in [3.63, 3.8) is 0 Å². The van der Waals surface area contributed by atoms with Crippen LogP contribution in [-0.2, 0) is 4.79 Å². The van der Waals surface area contributed by atoms with Gasteiger partial charge in [-0.2, -0.15) is 9.97 Å². The van der Waals surface area contributed by atoms with Crippen LogP contribution in [0.15, 0.2) is 34.9 Å². The van der Waals surface area contributed by atoms with Crippen molar-refractivity contribution in [1.29, 1.82) is 0 Å². The fourth-order valence-corrected chi connectivity index (χ4v) is 8.45. The molecule has 13 heteroatoms. The Morgan fingerprint density at radius 1 is 1.16 bits per heavy atom. The number of carbonyl (C=O) groups excluding carboxylic acids is 1. The average molecular weight is 684 g/mol. The number of alkyl halides is 1. The number of β-lactam (4-membered cyclic amide) rings is 1. The maximum atomic E-state index is 16.7. The van der Waals surface area contributed by atoms with Gasteiger partial charge < -0.3 is 20.1 Å². The lowest BCUT2D eigenvalue weighted by Crippen LogP contribution is -2.68. The third-order valence-electron chi connectivity index (χ3n) is 9.90. The number of anilines is 1. The highest BCUT2D eigenvalue weighted by Crippen LogP contribution is 2.43. The molecule has 1 amide bonds. The van der Waals surface area contributed by atoms with Crippen molar-refractivity contribution >= 4 is 49.3 Å². The number of nitrogens with zero attached hydrogens (tertiary/aromatic N) is 5. The highest BCUT2D eigenvalue weighted by atomic mass is 79.9. The van der Waals surface area contributed by atoms with E-state index >= 15 is 4.39 Å². The zero-order chi connectivity index (χ0) is 31.1. The normalized spacial score (nSPS) is 26.4. The molecule has 8 rings (SSSR count). The number of benzene rings is 2. The Kier molecular flexibility index (Phi) is 6.65. The van der Waals surface area contributed by atoms with Crippen LogP contribution in [0.3, 0.4) is 0 Å². The second-order valence-electron chi connectivity index (χ2n) is 12.9. The Morgan fingerprint density at radius 3 is 2.80 bits per heavy atom. The van der Waals surface area contributed by atoms with Crippen molar-refractivity contribution < 1.29 is 27.8 Å². The zero-order valence-electron chi connectivity index (χ0n) is 24.3. The molecular formula is C32H30BrF3N6O3. The molecule has 0 aliphatic carbocycles. The maximum absolute atomic E-state index is 16.7. The number of hydrogen-bond donors (Lipinski definition) is 2. The number of aromatic hydroxyl groups is 1. The Balaban J connectivity index is 1.26. The van der Waals surface area contributed by atoms with Gasteiger partial charge in [-0.25, -0.2) is 13.2 Å². The minimum atomic E-state index is -0.934. The first-order chi connectivity index (χ1) is 21.6. The van der Waals surface area contributed by atoms with Crippen LogP contribution in [0.25, 0.3) is 32.9 Å². The number of fused-ring (bicyclic) bond motifs is 3. The molecule has 0 bridgehead atoms. The van der Waals surface area contributed by atoms with E-state index in [1.165, 1.54) is 30.5 Å². The molecule has 0 saturated carbocycles. The molecule has 1 unspecified atom stereocenters. The fraction of sp³-hybridized carbons (Fsp3) is 0.438. The Morgan fingerprint density at radius 2 is 1.98 bits per heavy atom. The number of ether oxygens (including phenoxy) is 1. The van der Waals surface area contributed by atoms with E-state index in [9.17, 15) is 18.7 Å². The van der Waals surface area contributed by atoms with Gasteiger partial charge in [-0.3, -0.25) is 14.7 Å². The molecule has 234 valence electrons. The van der Waals surface area contributed by atoms with Crippen molar-refractivity contribution in [2.24, 2.45) is 0 Å². The predicted molar refractivity (Wildman–Crippen MR) is 165 cm³/mol. The van der Waals surface area contributed by atoms with Crippen LogP contribution in [0.2, 0.25) is 0 Å². The summed E-state index contributed by atoms with van der Waals surface area (Å²) in [6.07, 6.45) is 4.68. The first-order valence-corrected chi connectivity index (χ1v) is 16.0. The summed E-state index contributed by atoms with van der Waals surface area (Å²) in [6, 6.07) is 5.54. The molecule has 4 aromatic rings. The molecule has 4 fully saturated rings. The summed E-state index contributed by atoms with van der Waals surface area (Å²) in [5.41, 5.74) is -0.810. The van der Waals surface area contributed by atoms with Crippen LogP contribution < -0.4 is 15.0 Å². The molecule has 4 saturated heterocycles. The second kappa shape index (κ2) is 10.4. The maximum Gasteiger partial charge on any atom is 0.319 e. The van der Waals surface area contributed by atoms with Gasteiger partial charge in [0.1, 0.15) is 41.4 Å². The van der Waals surface area contributed by atoms with Crippen LogP contribution in [0.1, 0.15) is 38.5 Å². The quantitative estimate of drug-likeness (QED) is 0.270. The number of hydrogen-bond acceptors (Lipinski definition) is 8. The number of pyridine rings is 1. The molecule has 9 nitrogen and oxygen atoms in total. The van der Waals surface area contributed by atoms with Gasteiger partial charge in [0, 0.05) is 43.2 Å². The zero-order valence-corrected chi connectivity index (χ0v) is 25.8. The van der Waals surface area contributed by atoms with Crippen molar-refractivity contribution in [2.75, 3.05) is 37.7 Å². The lowest BCUT2D eigenvalue weighted by Gasteiger charge is -2.49. The van der Waals surface area contributed by atoms with Gasteiger partial charge in [0.05, 0.1) is 27.4 Å². The highest BCUT2D eigenvalue weighted by Gasteiger charge is 2.50. The lowest BCUT2D eigenvalue weighted by atomic mass is 9.80. The lowest BCUT2D eigenvalue weighted by molar-refractivity contribution is -0.133. The number of phenols is 1. The topological polar surface area (TPSA) is 104 Å². The number of rotatable bonds is 5. The number of amides is 1. The van der Waals surface area contributed by atoms with Gasteiger partial charge in [-0.1, -0.05) is 6.07 Å². The van der Waals surface area contributed by atoms with E-state index in [0.29, 0.717) is 54.5 Å². The molecule has 2 N–H and O–H groups in total. The van der Waals surface area contributed by atoms with Crippen molar-refractivity contribution in [3.05, 3.63) is 46.6 Å². The Bertz CT molecular complexity index is 1890. The number of piperidine rings is 1. The molecule has 6 heterocycles. The monoisotopic (exact) mass is 682 g/mol. The molecule has 2 aromatic carbocycles. The first-order valence-electron chi connectivity index (χ1n) is 15.2. The summed E-state index contributed by atoms with van der Waals surface area (Å²) in [4.78, 5) is 29.8. The standard InChI is InChI=1S/C32H30BrF3N6O3/c33-25-22(35)4-3-17-9-19(43)10-20(24(17)25)27-26(36)28-21(13-37-27)29(41-7-1-5-31(15-41)12-23(44)40-31)39-30(38-28)45-16-32-6-2-8-42(32)14-18(34)11-32/h3-4,9-10,13,18,43H,1-2,5-8,11-12,14-16H2,(H,40,44)/t18-,31?,32+/m1/s1. The van der Waals surface area contributed by atoms with E-state index in [4.69, 9.17) is 9.72 Å². The molecule has 1 spiro atoms. The number of carbonyl (C=O) groups is 1. The first kappa shape index (κ1) is 28.7. The summed E-state index contributed by atoms with van der Waals surface area (Å²) < 4.78 is 52.1. The van der Waals surface area contributed by atoms with Crippen LogP contribution >= 0.6 is 15.9 Å². The number of nitrogens with one attached hydrogen (secondary N) is 1. The minimum Gasteiger partial charge on any atom is -0.508 e. The molecule has 3 atom stereocenters. The highest BCUT2D eigenvalue weighted by molar-refractivity contribution is 9.10. The number of aromatic nitrogens is 3. The van der Waals surface area contributed by atoms with Gasteiger partial charge in [0.2, 0.25) is 5.91 Å². The summed E-state index contributed by atoms with van der Waals surface area (Å²) >= 11 is 3.29. The average Bonchev–Trinajstić information content (AvgIpc) is 3.53. The number of halogens is 4. The third-order valence-corrected chi connectivity index (χ3v) is 10.7. The Labute approximate surface area is 264 Å². The molecule has 4 aliphatic heterocycles. The van der Waals surface area contributed by atoms with Gasteiger partial charge in [-0.15, -0.1) is 0 Å². The third kappa shape index (κ3) is 4.68. The second-order valence-corrected chi connectivity index (χ2v) is 13.7. The minimum absolute atomic E-state index is 0.00480. The van der Waals surface area contributed by atoms with E-state index in [-0.39, 0.29) is 51.1 Å². The SMILES string of the molecule is O=C1CC2(CCCN(c3nc(OC[C@@]45CCCN4C[C@H](F)C5)nc4c(F)c(-c5cc(O)cc6ccc(F)c(Br)c56)ncc34)C2)N1. The molecule has 45 heavy (non-hydrogen) atoms. The van der Waals surface area contributed by atoms with Crippen molar-refractivity contribution in [2.45, 2.75) is 55.8 Å². The van der Waals surface area contributed by atoms with E-state index in [1.807, 2.05) is 4.90 Å². The largest absolute Gasteiger partial charge is 0.508 e. The smallest absolute Gasteiger partial charge is 0.319 e. The Hall–Kier alpha value is -3.71. The summed E-state index contributed by atoms with van der Waals surface area (Å²) in [5.74, 6) is -1.03. The van der Waals surface area contributed by atoms with E-state index in [0.717, 1.165) is 32.2 Å². The van der Waals surface area contributed by atoms with Crippen LogP contribution in [-0.4, -0.2) is 80.9 Å². The van der Waals surface area contributed by atoms with Gasteiger partial charge in [-0.05, 0) is 71.7 Å². The van der Waals surface area contributed by atoms with Crippen molar-refractivity contribution in [1.82, 2.24) is 25.2 Å². The fourth-order valence-electron chi connectivity index (χ4n) is 7.87. The molecule has 2 aromatic heterocycles. The van der Waals surface area contributed by atoms with Gasteiger partial charge in [0.25, 0.3) is 0 Å². The van der Waals surface area contributed by atoms with Crippen LogP contribution in [0, 0.1) is 11.6 Å². The summed E-state index contributed by atoms with van der Waals surface area (Å²) in [5, 5.41) is 14.7. The predicted octanol–water partition coefficient (Wildman–Crippen LogP) is 5.41. The van der Waals surface area contributed by atoms with Crippen molar-refractivity contribution in [3.8, 4) is 23.0 Å². The van der Waals surface area contributed by atoms with Crippen LogP contribution in [0.5, 0.6) is 11.8 Å². The van der Waals surface area contributed by atoms with E-state index in [1.54, 1.807) is 0 Å². The summed E-state index contributed by atoms with van der Waals surface area (Å²) in [6.45, 7) is 2.44.